The second-order valence-corrected chi connectivity index (χ2v) is 6.08. The molecule has 0 saturated carbocycles. The van der Waals surface area contributed by atoms with E-state index in [1.165, 1.54) is 0 Å². The SMILES string of the molecule is CC(C)CNC(=O)c1ccc(C(=O)Nc2ccc(Cl)cc2)cc1. The number of hydrogen-bond acceptors (Lipinski definition) is 2. The molecule has 23 heavy (non-hydrogen) atoms. The topological polar surface area (TPSA) is 58.2 Å². The summed E-state index contributed by atoms with van der Waals surface area (Å²) in [5.41, 5.74) is 1.69. The minimum Gasteiger partial charge on any atom is -0.352 e. The highest BCUT2D eigenvalue weighted by atomic mass is 35.5. The minimum atomic E-state index is -0.235. The summed E-state index contributed by atoms with van der Waals surface area (Å²) in [6.07, 6.45) is 0. The molecule has 0 aromatic heterocycles. The van der Waals surface area contributed by atoms with Crippen LogP contribution in [0.4, 0.5) is 5.69 Å². The molecule has 0 heterocycles. The van der Waals surface area contributed by atoms with Crippen LogP contribution in [-0.2, 0) is 0 Å². The number of anilines is 1. The average molecular weight is 331 g/mol. The van der Waals surface area contributed by atoms with Gasteiger partial charge in [0.25, 0.3) is 11.8 Å². The lowest BCUT2D eigenvalue weighted by molar-refractivity contribution is 0.0947. The van der Waals surface area contributed by atoms with Gasteiger partial charge in [-0.2, -0.15) is 0 Å². The highest BCUT2D eigenvalue weighted by molar-refractivity contribution is 6.30. The van der Waals surface area contributed by atoms with E-state index in [0.717, 1.165) is 0 Å². The molecule has 2 amide bonds. The number of benzene rings is 2. The van der Waals surface area contributed by atoms with E-state index in [0.29, 0.717) is 34.3 Å². The fourth-order valence-corrected chi connectivity index (χ4v) is 2.03. The number of hydrogen-bond donors (Lipinski definition) is 2. The monoisotopic (exact) mass is 330 g/mol. The smallest absolute Gasteiger partial charge is 0.255 e. The van der Waals surface area contributed by atoms with Crippen LogP contribution in [0, 0.1) is 5.92 Å². The molecule has 0 bridgehead atoms. The largest absolute Gasteiger partial charge is 0.352 e. The molecule has 4 nitrogen and oxygen atoms in total. The first kappa shape index (κ1) is 17.0. The fraction of sp³-hybridized carbons (Fsp3) is 0.222. The van der Waals surface area contributed by atoms with E-state index in [1.54, 1.807) is 48.5 Å². The number of carbonyl (C=O) groups excluding carboxylic acids is 2. The molecule has 0 radical (unpaired) electrons. The summed E-state index contributed by atoms with van der Waals surface area (Å²) in [4.78, 5) is 24.1. The number of amides is 2. The van der Waals surface area contributed by atoms with E-state index in [4.69, 9.17) is 11.6 Å². The second-order valence-electron chi connectivity index (χ2n) is 5.64. The van der Waals surface area contributed by atoms with Crippen molar-refractivity contribution in [2.24, 2.45) is 5.92 Å². The first-order chi connectivity index (χ1) is 11.0. The molecule has 2 aromatic carbocycles. The lowest BCUT2D eigenvalue weighted by Crippen LogP contribution is -2.27. The van der Waals surface area contributed by atoms with Crippen molar-refractivity contribution < 1.29 is 9.59 Å². The van der Waals surface area contributed by atoms with Gasteiger partial charge >= 0.3 is 0 Å². The van der Waals surface area contributed by atoms with Crippen molar-refractivity contribution in [1.82, 2.24) is 5.32 Å². The van der Waals surface area contributed by atoms with Crippen LogP contribution in [0.5, 0.6) is 0 Å². The van der Waals surface area contributed by atoms with Crippen molar-refractivity contribution in [3.05, 3.63) is 64.7 Å². The van der Waals surface area contributed by atoms with Crippen LogP contribution in [0.25, 0.3) is 0 Å². The molecule has 2 rings (SSSR count). The van der Waals surface area contributed by atoms with Crippen LogP contribution in [0.15, 0.2) is 48.5 Å². The summed E-state index contributed by atoms with van der Waals surface area (Å²) in [7, 11) is 0. The molecule has 120 valence electrons. The lowest BCUT2D eigenvalue weighted by Gasteiger charge is -2.08. The molecule has 0 aliphatic rings. The van der Waals surface area contributed by atoms with Crippen LogP contribution in [0.2, 0.25) is 5.02 Å². The molecule has 0 aliphatic heterocycles. The second kappa shape index (κ2) is 7.79. The van der Waals surface area contributed by atoms with Gasteiger partial charge in [-0.3, -0.25) is 9.59 Å². The Labute approximate surface area is 140 Å². The van der Waals surface area contributed by atoms with Crippen molar-refractivity contribution in [2.45, 2.75) is 13.8 Å². The summed E-state index contributed by atoms with van der Waals surface area (Å²) < 4.78 is 0. The third kappa shape index (κ3) is 5.11. The number of carbonyl (C=O) groups is 2. The molecular formula is C18H19ClN2O2. The molecule has 0 spiro atoms. The maximum absolute atomic E-state index is 12.2. The molecule has 0 atom stereocenters. The summed E-state index contributed by atoms with van der Waals surface area (Å²) in [6, 6.07) is 13.4. The average Bonchev–Trinajstić information content (AvgIpc) is 2.55. The quantitative estimate of drug-likeness (QED) is 0.871. The van der Waals surface area contributed by atoms with Gasteiger partial charge in [-0.15, -0.1) is 0 Å². The molecule has 5 heteroatoms. The summed E-state index contributed by atoms with van der Waals surface area (Å²) >= 11 is 5.81. The summed E-state index contributed by atoms with van der Waals surface area (Å²) in [5, 5.41) is 6.23. The molecule has 0 unspecified atom stereocenters. The molecule has 0 saturated heterocycles. The van der Waals surface area contributed by atoms with E-state index < -0.39 is 0 Å². The zero-order valence-electron chi connectivity index (χ0n) is 13.1. The molecule has 0 fully saturated rings. The normalized spacial score (nSPS) is 10.4. The number of halogens is 1. The van der Waals surface area contributed by atoms with Crippen molar-refractivity contribution >= 4 is 29.1 Å². The van der Waals surface area contributed by atoms with Crippen LogP contribution in [-0.4, -0.2) is 18.4 Å². The van der Waals surface area contributed by atoms with E-state index in [-0.39, 0.29) is 11.8 Å². The van der Waals surface area contributed by atoms with Gasteiger partial charge in [0, 0.05) is 28.4 Å². The number of nitrogens with one attached hydrogen (secondary N) is 2. The lowest BCUT2D eigenvalue weighted by atomic mass is 10.1. The predicted octanol–water partition coefficient (Wildman–Crippen LogP) is 3.98. The molecule has 2 N–H and O–H groups in total. The van der Waals surface area contributed by atoms with Gasteiger partial charge in [-0.25, -0.2) is 0 Å². The van der Waals surface area contributed by atoms with Gasteiger partial charge < -0.3 is 10.6 Å². The van der Waals surface area contributed by atoms with E-state index >= 15 is 0 Å². The van der Waals surface area contributed by atoms with Crippen molar-refractivity contribution in [3.63, 3.8) is 0 Å². The van der Waals surface area contributed by atoms with E-state index in [9.17, 15) is 9.59 Å². The van der Waals surface area contributed by atoms with Crippen molar-refractivity contribution in [3.8, 4) is 0 Å². The van der Waals surface area contributed by atoms with Gasteiger partial charge in [-0.05, 0) is 54.4 Å². The first-order valence-corrected chi connectivity index (χ1v) is 7.78. The Hall–Kier alpha value is -2.33. The molecule has 0 aliphatic carbocycles. The predicted molar refractivity (Wildman–Crippen MR) is 93.0 cm³/mol. The van der Waals surface area contributed by atoms with E-state index in [2.05, 4.69) is 10.6 Å². The van der Waals surface area contributed by atoms with Crippen LogP contribution in [0.3, 0.4) is 0 Å². The maximum atomic E-state index is 12.2. The van der Waals surface area contributed by atoms with Gasteiger partial charge in [-0.1, -0.05) is 25.4 Å². The maximum Gasteiger partial charge on any atom is 0.255 e. The van der Waals surface area contributed by atoms with Gasteiger partial charge in [0.1, 0.15) is 0 Å². The molecular weight excluding hydrogens is 312 g/mol. The van der Waals surface area contributed by atoms with Crippen molar-refractivity contribution in [2.75, 3.05) is 11.9 Å². The minimum absolute atomic E-state index is 0.136. The highest BCUT2D eigenvalue weighted by Crippen LogP contribution is 2.15. The van der Waals surface area contributed by atoms with Crippen LogP contribution < -0.4 is 10.6 Å². The van der Waals surface area contributed by atoms with E-state index in [1.807, 2.05) is 13.8 Å². The van der Waals surface area contributed by atoms with Gasteiger partial charge in [0.05, 0.1) is 0 Å². The Morgan fingerprint density at radius 3 is 1.96 bits per heavy atom. The third-order valence-corrected chi connectivity index (χ3v) is 3.43. The number of rotatable bonds is 5. The Morgan fingerprint density at radius 1 is 0.913 bits per heavy atom. The third-order valence-electron chi connectivity index (χ3n) is 3.18. The summed E-state index contributed by atoms with van der Waals surface area (Å²) in [5.74, 6) is 0.0215. The Bertz CT molecular complexity index is 679. The van der Waals surface area contributed by atoms with Gasteiger partial charge in [0.2, 0.25) is 0 Å². The van der Waals surface area contributed by atoms with Gasteiger partial charge in [0.15, 0.2) is 0 Å². The zero-order valence-corrected chi connectivity index (χ0v) is 13.9. The Balaban J connectivity index is 1.99. The zero-order chi connectivity index (χ0) is 16.8. The summed E-state index contributed by atoms with van der Waals surface area (Å²) in [6.45, 7) is 4.69. The van der Waals surface area contributed by atoms with Crippen LogP contribution >= 0.6 is 11.6 Å². The Morgan fingerprint density at radius 2 is 1.43 bits per heavy atom. The highest BCUT2D eigenvalue weighted by Gasteiger charge is 2.09. The first-order valence-electron chi connectivity index (χ1n) is 7.41. The molecule has 2 aromatic rings. The van der Waals surface area contributed by atoms with Crippen molar-refractivity contribution in [1.29, 1.82) is 0 Å². The standard InChI is InChI=1S/C18H19ClN2O2/c1-12(2)11-20-17(22)13-3-5-14(6-4-13)18(23)21-16-9-7-15(19)8-10-16/h3-10,12H,11H2,1-2H3,(H,20,22)(H,21,23). The Kier molecular flexibility index (Phi) is 5.77. The fourth-order valence-electron chi connectivity index (χ4n) is 1.91. The van der Waals surface area contributed by atoms with Crippen LogP contribution in [0.1, 0.15) is 34.6 Å².